The van der Waals surface area contributed by atoms with E-state index in [2.05, 4.69) is 28.7 Å². The predicted octanol–water partition coefficient (Wildman–Crippen LogP) is 5.29. The first-order chi connectivity index (χ1) is 13.0. The number of hydrogen-bond acceptors (Lipinski definition) is 3. The number of hydrogen-bond donors (Lipinski definition) is 1. The summed E-state index contributed by atoms with van der Waals surface area (Å²) in [7, 11) is 3.27. The number of halogens is 2. The van der Waals surface area contributed by atoms with Gasteiger partial charge in [-0.3, -0.25) is 0 Å². The SMILES string of the molecule is C=C1/C=C(c2c(F)cccc2F)\N=N/C(=C)[C@](C)(NC(=O)N(C)C)CC[C@@H]1C. The molecule has 5 nitrogen and oxygen atoms in total. The minimum atomic E-state index is -0.865. The Morgan fingerprint density at radius 2 is 1.86 bits per heavy atom. The van der Waals surface area contributed by atoms with Crippen LogP contribution in [0.4, 0.5) is 13.6 Å². The largest absolute Gasteiger partial charge is 0.331 e. The molecule has 1 N–H and O–H groups in total. The van der Waals surface area contributed by atoms with E-state index >= 15 is 0 Å². The average Bonchev–Trinajstić information content (AvgIpc) is 2.62. The first-order valence-corrected chi connectivity index (χ1v) is 9.00. The van der Waals surface area contributed by atoms with Crippen molar-refractivity contribution in [2.24, 2.45) is 16.1 Å². The summed E-state index contributed by atoms with van der Waals surface area (Å²) in [5.74, 6) is -1.48. The van der Waals surface area contributed by atoms with Crippen molar-refractivity contribution in [2.45, 2.75) is 32.2 Å². The molecule has 2 amide bonds. The van der Waals surface area contributed by atoms with E-state index in [-0.39, 0.29) is 23.2 Å². The molecule has 1 aromatic rings. The molecule has 0 unspecified atom stereocenters. The van der Waals surface area contributed by atoms with E-state index in [0.29, 0.717) is 24.1 Å². The zero-order chi connectivity index (χ0) is 21.1. The van der Waals surface area contributed by atoms with Gasteiger partial charge in [-0.2, -0.15) is 5.11 Å². The lowest BCUT2D eigenvalue weighted by molar-refractivity contribution is 0.204. The second-order valence-electron chi connectivity index (χ2n) is 7.44. The molecule has 0 spiro atoms. The van der Waals surface area contributed by atoms with Gasteiger partial charge in [0.1, 0.15) is 11.6 Å². The van der Waals surface area contributed by atoms with Gasteiger partial charge >= 0.3 is 6.03 Å². The van der Waals surface area contributed by atoms with Gasteiger partial charge in [0, 0.05) is 14.1 Å². The second-order valence-corrected chi connectivity index (χ2v) is 7.44. The molecular weight excluding hydrogens is 362 g/mol. The molecule has 0 fully saturated rings. The first-order valence-electron chi connectivity index (χ1n) is 9.00. The van der Waals surface area contributed by atoms with Crippen LogP contribution in [0.3, 0.4) is 0 Å². The molecule has 1 aliphatic rings. The molecule has 1 aliphatic heterocycles. The summed E-state index contributed by atoms with van der Waals surface area (Å²) in [6, 6.07) is 3.32. The smallest absolute Gasteiger partial charge is 0.317 e. The van der Waals surface area contributed by atoms with Crippen molar-refractivity contribution in [3.05, 3.63) is 65.9 Å². The number of rotatable bonds is 2. The number of urea groups is 1. The Morgan fingerprint density at radius 3 is 2.43 bits per heavy atom. The van der Waals surface area contributed by atoms with Crippen molar-refractivity contribution in [1.82, 2.24) is 10.2 Å². The minimum Gasteiger partial charge on any atom is -0.331 e. The summed E-state index contributed by atoms with van der Waals surface area (Å²) in [5, 5.41) is 11.1. The Labute approximate surface area is 164 Å². The van der Waals surface area contributed by atoms with Crippen LogP contribution >= 0.6 is 0 Å². The van der Waals surface area contributed by atoms with Gasteiger partial charge in [-0.15, -0.1) is 5.11 Å². The van der Waals surface area contributed by atoms with Crippen molar-refractivity contribution >= 4 is 11.7 Å². The fourth-order valence-corrected chi connectivity index (χ4v) is 2.75. The van der Waals surface area contributed by atoms with Gasteiger partial charge in [0.2, 0.25) is 0 Å². The Kier molecular flexibility index (Phi) is 6.48. The zero-order valence-electron chi connectivity index (χ0n) is 16.7. The van der Waals surface area contributed by atoms with E-state index in [0.717, 1.165) is 12.1 Å². The summed E-state index contributed by atoms with van der Waals surface area (Å²) in [6.07, 6.45) is 2.77. The van der Waals surface area contributed by atoms with E-state index in [1.165, 1.54) is 11.0 Å². The van der Waals surface area contributed by atoms with Crippen LogP contribution in [0.1, 0.15) is 32.3 Å². The van der Waals surface area contributed by atoms with Crippen molar-refractivity contribution < 1.29 is 13.6 Å². The fourth-order valence-electron chi connectivity index (χ4n) is 2.75. The van der Waals surface area contributed by atoms with Crippen LogP contribution in [-0.4, -0.2) is 30.6 Å². The second kappa shape index (κ2) is 8.46. The highest BCUT2D eigenvalue weighted by molar-refractivity contribution is 5.75. The van der Waals surface area contributed by atoms with Gasteiger partial charge in [0.05, 0.1) is 22.5 Å². The highest BCUT2D eigenvalue weighted by Crippen LogP contribution is 2.33. The highest BCUT2D eigenvalue weighted by atomic mass is 19.1. The Balaban J connectivity index is 2.51. The third kappa shape index (κ3) is 4.71. The molecule has 1 heterocycles. The third-order valence-electron chi connectivity index (χ3n) is 4.96. The lowest BCUT2D eigenvalue weighted by Crippen LogP contribution is -2.50. The molecule has 0 bridgehead atoms. The first kappa shape index (κ1) is 21.5. The van der Waals surface area contributed by atoms with Crippen LogP contribution in [0.25, 0.3) is 5.70 Å². The average molecular weight is 388 g/mol. The molecular formula is C21H26F2N4O. The molecule has 7 heteroatoms. The predicted molar refractivity (Wildman–Crippen MR) is 106 cm³/mol. The van der Waals surface area contributed by atoms with E-state index in [4.69, 9.17) is 0 Å². The molecule has 150 valence electrons. The Bertz CT molecular complexity index is 840. The number of benzene rings is 1. The maximum absolute atomic E-state index is 14.3. The fraction of sp³-hybridized carbons (Fsp3) is 0.381. The molecule has 2 atom stereocenters. The van der Waals surface area contributed by atoms with Crippen molar-refractivity contribution in [3.8, 4) is 0 Å². The van der Waals surface area contributed by atoms with Crippen LogP contribution in [0, 0.1) is 17.6 Å². The molecule has 0 aromatic heterocycles. The molecule has 1 aromatic carbocycles. The number of nitrogens with zero attached hydrogens (tertiary/aromatic N) is 3. The van der Waals surface area contributed by atoms with Gasteiger partial charge in [-0.25, -0.2) is 13.6 Å². The van der Waals surface area contributed by atoms with E-state index in [9.17, 15) is 13.6 Å². The normalized spacial score (nSPS) is 26.2. The number of azo groups is 1. The van der Waals surface area contributed by atoms with Gasteiger partial charge < -0.3 is 10.2 Å². The lowest BCUT2D eigenvalue weighted by Gasteiger charge is -2.33. The summed E-state index contributed by atoms with van der Waals surface area (Å²) in [5.41, 5.74) is -0.144. The minimum absolute atomic E-state index is 0.00141. The van der Waals surface area contributed by atoms with Gasteiger partial charge in [-0.1, -0.05) is 31.7 Å². The van der Waals surface area contributed by atoms with Crippen LogP contribution < -0.4 is 5.32 Å². The van der Waals surface area contributed by atoms with E-state index < -0.39 is 17.2 Å². The summed E-state index contributed by atoms with van der Waals surface area (Å²) in [4.78, 5) is 13.6. The summed E-state index contributed by atoms with van der Waals surface area (Å²) >= 11 is 0. The van der Waals surface area contributed by atoms with Crippen molar-refractivity contribution in [1.29, 1.82) is 0 Å². The monoisotopic (exact) mass is 388 g/mol. The lowest BCUT2D eigenvalue weighted by atomic mass is 9.86. The molecule has 28 heavy (non-hydrogen) atoms. The number of allylic oxidation sites excluding steroid dienone is 2. The van der Waals surface area contributed by atoms with E-state index in [1.807, 2.05) is 6.92 Å². The molecule has 0 saturated heterocycles. The van der Waals surface area contributed by atoms with Gasteiger partial charge in [-0.05, 0) is 43.9 Å². The number of carbonyl (C=O) groups excluding carboxylic acids is 1. The zero-order valence-corrected chi connectivity index (χ0v) is 16.7. The highest BCUT2D eigenvalue weighted by Gasteiger charge is 2.32. The van der Waals surface area contributed by atoms with Crippen LogP contribution in [-0.2, 0) is 0 Å². The maximum Gasteiger partial charge on any atom is 0.317 e. The van der Waals surface area contributed by atoms with Crippen molar-refractivity contribution in [3.63, 3.8) is 0 Å². The summed E-state index contributed by atoms with van der Waals surface area (Å²) in [6.45, 7) is 11.7. The van der Waals surface area contributed by atoms with Crippen LogP contribution in [0.5, 0.6) is 0 Å². The number of carbonyl (C=O) groups is 1. The number of nitrogens with one attached hydrogen (secondary N) is 1. The summed E-state index contributed by atoms with van der Waals surface area (Å²) < 4.78 is 28.6. The van der Waals surface area contributed by atoms with Crippen molar-refractivity contribution in [2.75, 3.05) is 14.1 Å². The van der Waals surface area contributed by atoms with Gasteiger partial charge in [0.25, 0.3) is 0 Å². The van der Waals surface area contributed by atoms with Gasteiger partial charge in [0.15, 0.2) is 0 Å². The van der Waals surface area contributed by atoms with Crippen LogP contribution in [0.2, 0.25) is 0 Å². The topological polar surface area (TPSA) is 57.1 Å². The Morgan fingerprint density at radius 1 is 1.25 bits per heavy atom. The quantitative estimate of drug-likeness (QED) is 0.735. The van der Waals surface area contributed by atoms with Crippen LogP contribution in [0.15, 0.2) is 58.9 Å². The maximum atomic E-state index is 14.3. The molecule has 0 radical (unpaired) electrons. The third-order valence-corrected chi connectivity index (χ3v) is 4.96. The van der Waals surface area contributed by atoms with E-state index in [1.54, 1.807) is 27.1 Å². The molecule has 0 aliphatic carbocycles. The Hall–Kier alpha value is -2.83. The number of amides is 2. The standard InChI is InChI=1S/C21H26F2N4O/c1-13-10-11-21(4,24-20(28)27(5)6)15(3)25-26-18(12-14(13)2)19-16(22)8-7-9-17(19)23/h7-9,12-13H,2-3,10-11H2,1,4-6H3,(H,24,28)/b18-12-,26-25-/t13-,21+/m0/s1. The molecule has 0 saturated carbocycles. The molecule has 2 rings (SSSR count).